The summed E-state index contributed by atoms with van der Waals surface area (Å²) in [6, 6.07) is 2.02. The Morgan fingerprint density at radius 3 is 2.95 bits per heavy atom. The van der Waals surface area contributed by atoms with Gasteiger partial charge in [-0.1, -0.05) is 24.4 Å². The number of nitrogens with one attached hydrogen (secondary N) is 2. The molecule has 2 aromatic rings. The molecule has 2 aromatic heterocycles. The second kappa shape index (κ2) is 6.91. The number of hydrogen-bond acceptors (Lipinski definition) is 5. The summed E-state index contributed by atoms with van der Waals surface area (Å²) in [6.07, 6.45) is 6.83. The van der Waals surface area contributed by atoms with E-state index in [-0.39, 0.29) is 5.91 Å². The number of carbonyl (C=O) groups is 1. The summed E-state index contributed by atoms with van der Waals surface area (Å²) in [5.41, 5.74) is 0.721. The SMILES string of the molecule is O=C(NCCc1noc(=O)[nH]1)c1csc(C2CCCCC2)c1. The number of hydrogen-bond donors (Lipinski definition) is 2. The van der Waals surface area contributed by atoms with Crippen LogP contribution in [0.1, 0.15) is 59.1 Å². The summed E-state index contributed by atoms with van der Waals surface area (Å²) >= 11 is 1.68. The van der Waals surface area contributed by atoms with Crippen LogP contribution in [0.25, 0.3) is 0 Å². The van der Waals surface area contributed by atoms with Gasteiger partial charge in [-0.15, -0.1) is 11.3 Å². The second-order valence-corrected chi connectivity index (χ2v) is 6.56. The van der Waals surface area contributed by atoms with Gasteiger partial charge < -0.3 is 5.32 Å². The van der Waals surface area contributed by atoms with E-state index in [0.29, 0.717) is 24.7 Å². The number of rotatable bonds is 5. The molecule has 0 aliphatic heterocycles. The Balaban J connectivity index is 1.51. The molecule has 0 atom stereocenters. The lowest BCUT2D eigenvalue weighted by Gasteiger charge is -2.19. The fraction of sp³-hybridized carbons (Fsp3) is 0.533. The average molecular weight is 321 g/mol. The Labute approximate surface area is 131 Å². The van der Waals surface area contributed by atoms with Crippen molar-refractivity contribution in [2.75, 3.05) is 6.54 Å². The van der Waals surface area contributed by atoms with Crippen molar-refractivity contribution in [1.82, 2.24) is 15.5 Å². The molecule has 2 heterocycles. The Morgan fingerprint density at radius 1 is 1.41 bits per heavy atom. The van der Waals surface area contributed by atoms with Gasteiger partial charge in [-0.3, -0.25) is 14.3 Å². The summed E-state index contributed by atoms with van der Waals surface area (Å²) in [5, 5.41) is 8.32. The van der Waals surface area contributed by atoms with Crippen molar-refractivity contribution in [2.24, 2.45) is 0 Å². The Kier molecular flexibility index (Phi) is 4.72. The standard InChI is InChI=1S/C15H19N3O3S/c19-14(16-7-6-13-17-15(20)21-18-13)11-8-12(22-9-11)10-4-2-1-3-5-10/h8-10H,1-7H2,(H,16,19)(H,17,18,20). The first-order valence-electron chi connectivity index (χ1n) is 7.64. The maximum absolute atomic E-state index is 12.1. The number of nitrogens with zero attached hydrogens (tertiary/aromatic N) is 1. The highest BCUT2D eigenvalue weighted by atomic mass is 32.1. The summed E-state index contributed by atoms with van der Waals surface area (Å²) in [7, 11) is 0. The largest absolute Gasteiger partial charge is 0.438 e. The van der Waals surface area contributed by atoms with Gasteiger partial charge in [0, 0.05) is 23.2 Å². The third kappa shape index (κ3) is 3.65. The minimum atomic E-state index is -0.573. The van der Waals surface area contributed by atoms with E-state index in [1.165, 1.54) is 37.0 Å². The average Bonchev–Trinajstić information content (AvgIpc) is 3.17. The van der Waals surface area contributed by atoms with E-state index >= 15 is 0 Å². The van der Waals surface area contributed by atoms with E-state index in [2.05, 4.69) is 20.0 Å². The van der Waals surface area contributed by atoms with Crippen LogP contribution in [0.3, 0.4) is 0 Å². The van der Waals surface area contributed by atoms with E-state index < -0.39 is 5.76 Å². The van der Waals surface area contributed by atoms with E-state index in [1.54, 1.807) is 11.3 Å². The molecule has 1 aliphatic carbocycles. The summed E-state index contributed by atoms with van der Waals surface area (Å²) in [4.78, 5) is 26.7. The molecule has 0 unspecified atom stereocenters. The monoisotopic (exact) mass is 321 g/mol. The molecule has 0 radical (unpaired) electrons. The normalized spacial score (nSPS) is 15.8. The fourth-order valence-electron chi connectivity index (χ4n) is 2.84. The Morgan fingerprint density at radius 2 is 2.23 bits per heavy atom. The summed E-state index contributed by atoms with van der Waals surface area (Å²) in [5.74, 6) is 0.416. The molecule has 6 nitrogen and oxygen atoms in total. The number of carbonyl (C=O) groups excluding carboxylic acids is 1. The number of aromatic nitrogens is 2. The molecule has 3 rings (SSSR count). The zero-order valence-electron chi connectivity index (χ0n) is 12.3. The van der Waals surface area contributed by atoms with Gasteiger partial charge in [0.1, 0.15) is 0 Å². The van der Waals surface area contributed by atoms with Gasteiger partial charge in [-0.05, 0) is 24.8 Å². The van der Waals surface area contributed by atoms with E-state index in [1.807, 2.05) is 11.4 Å². The van der Waals surface area contributed by atoms with Crippen LogP contribution in [0.5, 0.6) is 0 Å². The number of H-pyrrole nitrogens is 1. The maximum Gasteiger partial charge on any atom is 0.438 e. The van der Waals surface area contributed by atoms with Crippen LogP contribution in [0.2, 0.25) is 0 Å². The van der Waals surface area contributed by atoms with Crippen molar-refractivity contribution in [3.05, 3.63) is 38.3 Å². The minimum Gasteiger partial charge on any atom is -0.352 e. The third-order valence-electron chi connectivity index (χ3n) is 4.02. The van der Waals surface area contributed by atoms with Crippen LogP contribution in [-0.4, -0.2) is 22.6 Å². The summed E-state index contributed by atoms with van der Waals surface area (Å²) in [6.45, 7) is 0.413. The van der Waals surface area contributed by atoms with Gasteiger partial charge in [0.25, 0.3) is 5.91 Å². The zero-order valence-corrected chi connectivity index (χ0v) is 13.1. The lowest BCUT2D eigenvalue weighted by atomic mass is 9.88. The fourth-order valence-corrected chi connectivity index (χ4v) is 3.90. The van der Waals surface area contributed by atoms with Gasteiger partial charge in [-0.2, -0.15) is 0 Å². The van der Waals surface area contributed by atoms with Crippen LogP contribution < -0.4 is 11.1 Å². The molecule has 1 saturated carbocycles. The molecule has 22 heavy (non-hydrogen) atoms. The molecule has 118 valence electrons. The van der Waals surface area contributed by atoms with Gasteiger partial charge >= 0.3 is 5.76 Å². The first kappa shape index (κ1) is 15.0. The minimum absolute atomic E-state index is 0.0795. The molecule has 0 bridgehead atoms. The van der Waals surface area contributed by atoms with Crippen LogP contribution >= 0.6 is 11.3 Å². The van der Waals surface area contributed by atoms with Gasteiger partial charge in [0.05, 0.1) is 5.56 Å². The molecule has 7 heteroatoms. The van der Waals surface area contributed by atoms with E-state index in [9.17, 15) is 9.59 Å². The smallest absolute Gasteiger partial charge is 0.352 e. The Hall–Kier alpha value is -1.89. The lowest BCUT2D eigenvalue weighted by Crippen LogP contribution is -2.25. The molecule has 2 N–H and O–H groups in total. The second-order valence-electron chi connectivity index (χ2n) is 5.62. The maximum atomic E-state index is 12.1. The predicted molar refractivity (Wildman–Crippen MR) is 83.3 cm³/mol. The number of thiophene rings is 1. The summed E-state index contributed by atoms with van der Waals surface area (Å²) < 4.78 is 4.41. The highest BCUT2D eigenvalue weighted by Gasteiger charge is 2.18. The number of aromatic amines is 1. The van der Waals surface area contributed by atoms with Crippen LogP contribution in [0.4, 0.5) is 0 Å². The van der Waals surface area contributed by atoms with Crippen molar-refractivity contribution >= 4 is 17.2 Å². The van der Waals surface area contributed by atoms with Crippen LogP contribution in [0, 0.1) is 0 Å². The number of amides is 1. The van der Waals surface area contributed by atoms with Crippen molar-refractivity contribution in [3.63, 3.8) is 0 Å². The first-order valence-corrected chi connectivity index (χ1v) is 8.52. The van der Waals surface area contributed by atoms with Gasteiger partial charge in [-0.25, -0.2) is 4.79 Å². The predicted octanol–water partition coefficient (Wildman–Crippen LogP) is 2.44. The van der Waals surface area contributed by atoms with Crippen molar-refractivity contribution < 1.29 is 9.32 Å². The lowest BCUT2D eigenvalue weighted by molar-refractivity contribution is 0.0954. The van der Waals surface area contributed by atoms with Gasteiger partial charge in [0.2, 0.25) is 0 Å². The highest BCUT2D eigenvalue weighted by Crippen LogP contribution is 2.35. The van der Waals surface area contributed by atoms with Gasteiger partial charge in [0.15, 0.2) is 5.82 Å². The molecular formula is C15H19N3O3S. The molecule has 1 amide bonds. The molecule has 1 fully saturated rings. The van der Waals surface area contributed by atoms with Crippen LogP contribution in [-0.2, 0) is 6.42 Å². The molecule has 0 aromatic carbocycles. The van der Waals surface area contributed by atoms with E-state index in [4.69, 9.17) is 0 Å². The van der Waals surface area contributed by atoms with Crippen molar-refractivity contribution in [1.29, 1.82) is 0 Å². The van der Waals surface area contributed by atoms with Crippen LogP contribution in [0.15, 0.2) is 20.8 Å². The Bertz CT molecular complexity index is 682. The topological polar surface area (TPSA) is 88.0 Å². The quantitative estimate of drug-likeness (QED) is 0.885. The van der Waals surface area contributed by atoms with Crippen molar-refractivity contribution in [2.45, 2.75) is 44.4 Å². The molecule has 0 saturated heterocycles. The van der Waals surface area contributed by atoms with E-state index in [0.717, 1.165) is 5.56 Å². The molecule has 0 spiro atoms. The first-order chi connectivity index (χ1) is 10.7. The third-order valence-corrected chi connectivity index (χ3v) is 5.12. The molecule has 1 aliphatic rings. The highest BCUT2D eigenvalue weighted by molar-refractivity contribution is 7.10. The zero-order chi connectivity index (χ0) is 15.4. The molecular weight excluding hydrogens is 302 g/mol. The van der Waals surface area contributed by atoms with Crippen molar-refractivity contribution in [3.8, 4) is 0 Å².